The third-order valence-electron chi connectivity index (χ3n) is 6.89. The fraction of sp³-hybridized carbons (Fsp3) is 0.250. The van der Waals surface area contributed by atoms with Gasteiger partial charge in [-0.15, -0.1) is 11.3 Å². The van der Waals surface area contributed by atoms with Gasteiger partial charge in [0.25, 0.3) is 5.91 Å². The minimum atomic E-state index is -0.651. The van der Waals surface area contributed by atoms with Crippen LogP contribution in [0.1, 0.15) is 23.5 Å². The van der Waals surface area contributed by atoms with Crippen LogP contribution in [0, 0.1) is 6.92 Å². The highest BCUT2D eigenvalue weighted by Crippen LogP contribution is 2.37. The summed E-state index contributed by atoms with van der Waals surface area (Å²) in [4.78, 5) is 18.1. The van der Waals surface area contributed by atoms with E-state index in [4.69, 9.17) is 28.7 Å². The van der Waals surface area contributed by atoms with E-state index in [0.717, 1.165) is 37.3 Å². The average molecular weight is 571 g/mol. The molecule has 0 radical (unpaired) electrons. The van der Waals surface area contributed by atoms with Crippen LogP contribution in [0.5, 0.6) is 0 Å². The van der Waals surface area contributed by atoms with Crippen LogP contribution in [-0.2, 0) is 19.0 Å². The molecule has 1 aliphatic rings. The number of furan rings is 1. The van der Waals surface area contributed by atoms with Gasteiger partial charge in [0.2, 0.25) is 6.29 Å². The van der Waals surface area contributed by atoms with Crippen LogP contribution in [0.4, 0.5) is 5.69 Å². The Morgan fingerprint density at radius 2 is 1.95 bits per heavy atom. The van der Waals surface area contributed by atoms with Crippen molar-refractivity contribution in [2.45, 2.75) is 25.6 Å². The van der Waals surface area contributed by atoms with Crippen molar-refractivity contribution < 1.29 is 28.5 Å². The van der Waals surface area contributed by atoms with Gasteiger partial charge in [-0.1, -0.05) is 24.3 Å². The van der Waals surface area contributed by atoms with E-state index in [0.29, 0.717) is 18.7 Å². The maximum Gasteiger partial charge on any atom is 0.290 e. The van der Waals surface area contributed by atoms with Crippen molar-refractivity contribution in [1.29, 1.82) is 0 Å². The molecule has 9 heteroatoms. The predicted molar refractivity (Wildman–Crippen MR) is 159 cm³/mol. The lowest BCUT2D eigenvalue weighted by molar-refractivity contribution is -0.148. The number of nitrogens with one attached hydrogen (secondary N) is 1. The third kappa shape index (κ3) is 6.18. The molecule has 8 nitrogen and oxygen atoms in total. The zero-order chi connectivity index (χ0) is 28.2. The summed E-state index contributed by atoms with van der Waals surface area (Å²) in [6, 6.07) is 21.7. The highest BCUT2D eigenvalue weighted by atomic mass is 32.1. The van der Waals surface area contributed by atoms with Gasteiger partial charge in [0.15, 0.2) is 5.76 Å². The molecule has 2 aromatic heterocycles. The SMILES string of the molecule is Cc1ccc2nc(-c3ccc(NC(=O)C4=C[C@H](c5coc6ccccc56)C[C@H](OCCOCCO)O4)cc3)sc2c1. The molecule has 3 heterocycles. The van der Waals surface area contributed by atoms with Gasteiger partial charge in [-0.2, -0.15) is 0 Å². The molecule has 2 N–H and O–H groups in total. The smallest absolute Gasteiger partial charge is 0.290 e. The Kier molecular flexibility index (Phi) is 8.11. The molecule has 0 bridgehead atoms. The molecule has 1 amide bonds. The Labute approximate surface area is 241 Å². The number of aromatic nitrogens is 1. The summed E-state index contributed by atoms with van der Waals surface area (Å²) in [7, 11) is 0. The summed E-state index contributed by atoms with van der Waals surface area (Å²) >= 11 is 1.65. The molecule has 0 unspecified atom stereocenters. The maximum atomic E-state index is 13.4. The summed E-state index contributed by atoms with van der Waals surface area (Å²) in [5.41, 5.74) is 5.56. The number of carbonyl (C=O) groups is 1. The van der Waals surface area contributed by atoms with Crippen LogP contribution in [0.3, 0.4) is 0 Å². The van der Waals surface area contributed by atoms with Gasteiger partial charge in [-0.05, 0) is 61.0 Å². The lowest BCUT2D eigenvalue weighted by Crippen LogP contribution is -2.30. The summed E-state index contributed by atoms with van der Waals surface area (Å²) < 4.78 is 24.1. The first-order valence-electron chi connectivity index (χ1n) is 13.5. The van der Waals surface area contributed by atoms with E-state index in [2.05, 4.69) is 24.4 Å². The zero-order valence-electron chi connectivity index (χ0n) is 22.5. The monoisotopic (exact) mass is 570 g/mol. The molecule has 2 atom stereocenters. The van der Waals surface area contributed by atoms with Gasteiger partial charge >= 0.3 is 0 Å². The van der Waals surface area contributed by atoms with Gasteiger partial charge in [0, 0.05) is 34.5 Å². The van der Waals surface area contributed by atoms with Crippen molar-refractivity contribution in [3.05, 3.63) is 96.0 Å². The molecule has 210 valence electrons. The van der Waals surface area contributed by atoms with Crippen LogP contribution in [0.2, 0.25) is 0 Å². The van der Waals surface area contributed by atoms with Crippen molar-refractivity contribution in [3.63, 3.8) is 0 Å². The second-order valence-corrected chi connectivity index (χ2v) is 10.9. The molecule has 0 aliphatic carbocycles. The second-order valence-electron chi connectivity index (χ2n) is 9.84. The largest absolute Gasteiger partial charge is 0.464 e. The second kappa shape index (κ2) is 12.2. The number of fused-ring (bicyclic) bond motifs is 2. The van der Waals surface area contributed by atoms with E-state index in [1.165, 1.54) is 5.56 Å². The summed E-state index contributed by atoms with van der Waals surface area (Å²) in [6.07, 6.45) is 3.42. The Balaban J connectivity index is 1.19. The Morgan fingerprint density at radius 1 is 1.10 bits per heavy atom. The molecular formula is C32H30N2O6S. The number of hydrogen-bond donors (Lipinski definition) is 2. The molecule has 0 saturated carbocycles. The van der Waals surface area contributed by atoms with E-state index in [1.54, 1.807) is 17.6 Å². The number of para-hydroxylation sites is 1. The number of ether oxygens (including phenoxy) is 3. The molecule has 41 heavy (non-hydrogen) atoms. The molecule has 6 rings (SSSR count). The number of allylic oxidation sites excluding steroid dienone is 1. The van der Waals surface area contributed by atoms with Gasteiger partial charge in [-0.25, -0.2) is 4.98 Å². The fourth-order valence-electron chi connectivity index (χ4n) is 4.87. The number of aliphatic hydroxyl groups excluding tert-OH is 1. The quantitative estimate of drug-likeness (QED) is 0.187. The molecule has 5 aromatic rings. The molecule has 1 aliphatic heterocycles. The topological polar surface area (TPSA) is 103 Å². The highest BCUT2D eigenvalue weighted by molar-refractivity contribution is 7.21. The summed E-state index contributed by atoms with van der Waals surface area (Å²) in [5.74, 6) is -0.337. The number of thiazole rings is 1. The number of rotatable bonds is 10. The van der Waals surface area contributed by atoms with Crippen LogP contribution in [0.25, 0.3) is 31.8 Å². The first-order valence-corrected chi connectivity index (χ1v) is 14.3. The minimum absolute atomic E-state index is 0.0517. The van der Waals surface area contributed by atoms with Gasteiger partial charge in [0.1, 0.15) is 10.6 Å². The highest BCUT2D eigenvalue weighted by Gasteiger charge is 2.30. The average Bonchev–Trinajstić information content (AvgIpc) is 3.61. The van der Waals surface area contributed by atoms with Gasteiger partial charge < -0.3 is 29.1 Å². The van der Waals surface area contributed by atoms with Crippen molar-refractivity contribution in [1.82, 2.24) is 4.98 Å². The summed E-state index contributed by atoms with van der Waals surface area (Å²) in [5, 5.41) is 13.8. The lowest BCUT2D eigenvalue weighted by atomic mass is 9.92. The first-order chi connectivity index (χ1) is 20.1. The number of nitrogens with zero attached hydrogens (tertiary/aromatic N) is 1. The standard InChI is InChI=1S/C32H30N2O6S/c1-20-6-11-26-29(16-20)41-32(34-26)21-7-9-23(10-8-21)33-31(36)28-17-22(18-30(40-28)38-15-14-37-13-12-35)25-19-39-27-5-3-2-4-24(25)27/h2-11,16-17,19,22,30,35H,12-15,18H2,1H3,(H,33,36)/t22-,30+/m0/s1. The first kappa shape index (κ1) is 27.2. The number of hydrogen-bond acceptors (Lipinski definition) is 8. The van der Waals surface area contributed by atoms with Gasteiger partial charge in [-0.3, -0.25) is 4.79 Å². The molecule has 0 saturated heterocycles. The maximum absolute atomic E-state index is 13.4. The number of anilines is 1. The normalized spacial score (nSPS) is 17.0. The Hall–Kier alpha value is -4.02. The molecule has 0 fully saturated rings. The van der Waals surface area contributed by atoms with Crippen molar-refractivity contribution in [3.8, 4) is 10.6 Å². The van der Waals surface area contributed by atoms with Crippen LogP contribution in [0.15, 0.2) is 89.2 Å². The van der Waals surface area contributed by atoms with E-state index in [-0.39, 0.29) is 37.4 Å². The van der Waals surface area contributed by atoms with Crippen molar-refractivity contribution in [2.24, 2.45) is 0 Å². The minimum Gasteiger partial charge on any atom is -0.464 e. The number of aryl methyl sites for hydroxylation is 1. The van der Waals surface area contributed by atoms with Crippen LogP contribution < -0.4 is 5.32 Å². The number of benzene rings is 3. The number of amides is 1. The number of aliphatic hydroxyl groups is 1. The lowest BCUT2D eigenvalue weighted by Gasteiger charge is -2.29. The number of carbonyl (C=O) groups excluding carboxylic acids is 1. The predicted octanol–water partition coefficient (Wildman–Crippen LogP) is 6.40. The molecule has 3 aromatic carbocycles. The Bertz CT molecular complexity index is 1690. The van der Waals surface area contributed by atoms with Crippen molar-refractivity contribution in [2.75, 3.05) is 31.7 Å². The van der Waals surface area contributed by atoms with E-state index >= 15 is 0 Å². The fourth-order valence-corrected chi connectivity index (χ4v) is 5.94. The summed E-state index contributed by atoms with van der Waals surface area (Å²) in [6.45, 7) is 2.84. The van der Waals surface area contributed by atoms with Gasteiger partial charge in [0.05, 0.1) is 42.9 Å². The van der Waals surface area contributed by atoms with E-state index in [9.17, 15) is 4.79 Å². The zero-order valence-corrected chi connectivity index (χ0v) is 23.4. The van der Waals surface area contributed by atoms with Crippen molar-refractivity contribution >= 4 is 44.1 Å². The van der Waals surface area contributed by atoms with Crippen LogP contribution >= 0.6 is 11.3 Å². The van der Waals surface area contributed by atoms with E-state index in [1.807, 2.05) is 60.7 Å². The molecule has 0 spiro atoms. The third-order valence-corrected chi connectivity index (χ3v) is 7.96. The van der Waals surface area contributed by atoms with Crippen LogP contribution in [-0.4, -0.2) is 48.7 Å². The molecular weight excluding hydrogens is 540 g/mol. The Morgan fingerprint density at radius 3 is 2.80 bits per heavy atom. The van der Waals surface area contributed by atoms with E-state index < -0.39 is 6.29 Å².